The number of rotatable bonds is 5. The number of aliphatic carboxylic acids is 1. The Balaban J connectivity index is 1.60. The monoisotopic (exact) mass is 493 g/mol. The van der Waals surface area contributed by atoms with E-state index in [1.54, 1.807) is 4.90 Å². The largest absolute Gasteiger partial charge is 0.481 e. The van der Waals surface area contributed by atoms with Crippen LogP contribution in [-0.4, -0.2) is 49.7 Å². The molecule has 1 aliphatic heterocycles. The number of aryl methyl sites for hydroxylation is 2. The van der Waals surface area contributed by atoms with Gasteiger partial charge in [0.25, 0.3) is 0 Å². The number of carboxylic acids is 1. The number of carbonyl (C=O) groups excluding carboxylic acids is 1. The molecule has 3 heterocycles. The minimum absolute atomic E-state index is 0.0553. The van der Waals surface area contributed by atoms with Crippen LogP contribution in [0.5, 0.6) is 0 Å². The number of amides is 1. The minimum atomic E-state index is -0.694. The maximum absolute atomic E-state index is 12.6. The summed E-state index contributed by atoms with van der Waals surface area (Å²) in [5, 5.41) is 13.8. The van der Waals surface area contributed by atoms with Crippen molar-refractivity contribution in [1.29, 1.82) is 0 Å². The molecule has 0 spiro atoms. The maximum Gasteiger partial charge on any atom is 0.414 e. The standard InChI is InChI=1S/C27H35N5O4/c1-16(13-18-14-28-30(3)15-18)25-29-24-21-10-5-17(2)31(27(35)36-4)22(21)11-12-23(24)32(25)20-8-6-19(7-9-20)26(33)34/h11-12,14-17,19-20H,5-10,13H2,1-4H3,(H,33,34)/t16?,17-,19?,20?/m0/s1. The Kier molecular flexibility index (Phi) is 6.49. The van der Waals surface area contributed by atoms with Gasteiger partial charge < -0.3 is 14.4 Å². The van der Waals surface area contributed by atoms with Crippen molar-refractivity contribution in [3.8, 4) is 0 Å². The van der Waals surface area contributed by atoms with Crippen molar-refractivity contribution in [2.24, 2.45) is 13.0 Å². The van der Waals surface area contributed by atoms with E-state index in [0.29, 0.717) is 12.8 Å². The van der Waals surface area contributed by atoms with Gasteiger partial charge in [-0.25, -0.2) is 9.78 Å². The predicted molar refractivity (Wildman–Crippen MR) is 136 cm³/mol. The fourth-order valence-electron chi connectivity index (χ4n) is 6.13. The van der Waals surface area contributed by atoms with Crippen LogP contribution >= 0.6 is 0 Å². The first-order chi connectivity index (χ1) is 17.3. The molecule has 1 saturated carbocycles. The molecule has 2 aromatic heterocycles. The second kappa shape index (κ2) is 9.59. The van der Waals surface area contributed by atoms with Gasteiger partial charge in [0, 0.05) is 36.8 Å². The first-order valence-corrected chi connectivity index (χ1v) is 12.9. The summed E-state index contributed by atoms with van der Waals surface area (Å²) in [5.74, 6) is 0.202. The number of carbonyl (C=O) groups is 2. The first-order valence-electron chi connectivity index (χ1n) is 12.9. The fourth-order valence-corrected chi connectivity index (χ4v) is 6.13. The number of fused-ring (bicyclic) bond motifs is 3. The molecule has 1 N–H and O–H groups in total. The van der Waals surface area contributed by atoms with Crippen molar-refractivity contribution in [3.63, 3.8) is 0 Å². The van der Waals surface area contributed by atoms with Crippen molar-refractivity contribution in [3.05, 3.63) is 41.5 Å². The zero-order valence-corrected chi connectivity index (χ0v) is 21.5. The number of nitrogens with zero attached hydrogens (tertiary/aromatic N) is 5. The van der Waals surface area contributed by atoms with E-state index in [2.05, 4.69) is 22.7 Å². The number of ether oxygens (including phenoxy) is 1. The van der Waals surface area contributed by atoms with Gasteiger partial charge in [-0.3, -0.25) is 14.4 Å². The lowest BCUT2D eigenvalue weighted by Gasteiger charge is -2.34. The van der Waals surface area contributed by atoms with Gasteiger partial charge in [0.2, 0.25) is 0 Å². The molecule has 36 heavy (non-hydrogen) atoms. The number of hydrogen-bond donors (Lipinski definition) is 1. The van der Waals surface area contributed by atoms with Crippen LogP contribution in [-0.2, 0) is 29.4 Å². The van der Waals surface area contributed by atoms with Crippen molar-refractivity contribution < 1.29 is 19.4 Å². The number of methoxy groups -OCH3 is 1. The van der Waals surface area contributed by atoms with Crippen molar-refractivity contribution >= 4 is 28.8 Å². The van der Waals surface area contributed by atoms with E-state index in [4.69, 9.17) is 9.72 Å². The summed E-state index contributed by atoms with van der Waals surface area (Å²) in [5.41, 5.74) is 5.13. The fraction of sp³-hybridized carbons (Fsp3) is 0.556. The highest BCUT2D eigenvalue weighted by atomic mass is 16.5. The maximum atomic E-state index is 12.6. The summed E-state index contributed by atoms with van der Waals surface area (Å²) in [6.45, 7) is 4.24. The summed E-state index contributed by atoms with van der Waals surface area (Å²) < 4.78 is 9.28. The lowest BCUT2D eigenvalue weighted by Crippen LogP contribution is -2.42. The van der Waals surface area contributed by atoms with Crippen molar-refractivity contribution in [2.45, 2.75) is 76.8 Å². The van der Waals surface area contributed by atoms with Crippen molar-refractivity contribution in [1.82, 2.24) is 19.3 Å². The highest BCUT2D eigenvalue weighted by Gasteiger charge is 2.34. The summed E-state index contributed by atoms with van der Waals surface area (Å²) in [4.78, 5) is 31.2. The molecule has 1 amide bonds. The van der Waals surface area contributed by atoms with E-state index >= 15 is 0 Å². The number of aromatic nitrogens is 4. The van der Waals surface area contributed by atoms with E-state index in [0.717, 1.165) is 65.8 Å². The molecule has 5 rings (SSSR count). The minimum Gasteiger partial charge on any atom is -0.481 e. The highest BCUT2D eigenvalue weighted by Crippen LogP contribution is 2.41. The van der Waals surface area contributed by atoms with Crippen LogP contribution in [0.25, 0.3) is 11.0 Å². The Labute approximate surface area is 211 Å². The van der Waals surface area contributed by atoms with Crippen molar-refractivity contribution in [2.75, 3.05) is 12.0 Å². The molecule has 0 saturated heterocycles. The van der Waals surface area contributed by atoms with E-state index in [1.807, 2.05) is 37.1 Å². The van der Waals surface area contributed by atoms with Crippen LogP contribution in [0, 0.1) is 5.92 Å². The first kappa shape index (κ1) is 24.3. The van der Waals surface area contributed by atoms with E-state index in [-0.39, 0.29) is 30.0 Å². The average Bonchev–Trinajstić information content (AvgIpc) is 3.46. The molecule has 3 aromatic rings. The zero-order chi connectivity index (χ0) is 25.6. The molecular weight excluding hydrogens is 458 g/mol. The molecule has 1 fully saturated rings. The molecule has 1 aliphatic carbocycles. The van der Waals surface area contributed by atoms with Gasteiger partial charge in [0.15, 0.2) is 0 Å². The third-order valence-electron chi connectivity index (χ3n) is 8.01. The van der Waals surface area contributed by atoms with Gasteiger partial charge in [0.1, 0.15) is 5.82 Å². The SMILES string of the molecule is COC(=O)N1c2ccc3c(nc(C(C)Cc4cnn(C)c4)n3C3CCC(C(=O)O)CC3)c2CC[C@@H]1C. The van der Waals surface area contributed by atoms with Crippen LogP contribution in [0.1, 0.15) is 74.9 Å². The average molecular weight is 494 g/mol. The molecule has 1 unspecified atom stereocenters. The molecule has 0 radical (unpaired) electrons. The molecule has 2 aliphatic rings. The molecule has 192 valence electrons. The Morgan fingerprint density at radius 1 is 1.19 bits per heavy atom. The molecule has 9 heteroatoms. The smallest absolute Gasteiger partial charge is 0.414 e. The normalized spacial score (nSPS) is 22.9. The predicted octanol–water partition coefficient (Wildman–Crippen LogP) is 4.84. The van der Waals surface area contributed by atoms with Crippen LogP contribution < -0.4 is 4.90 Å². The van der Waals surface area contributed by atoms with E-state index in [9.17, 15) is 14.7 Å². The summed E-state index contributed by atoms with van der Waals surface area (Å²) in [6.07, 6.45) is 9.09. The third kappa shape index (κ3) is 4.24. The van der Waals surface area contributed by atoms with Crippen LogP contribution in [0.3, 0.4) is 0 Å². The third-order valence-corrected chi connectivity index (χ3v) is 8.01. The Morgan fingerprint density at radius 3 is 2.58 bits per heavy atom. The van der Waals surface area contributed by atoms with Crippen LogP contribution in [0.2, 0.25) is 0 Å². The van der Waals surface area contributed by atoms with Crippen LogP contribution in [0.4, 0.5) is 10.5 Å². The summed E-state index contributed by atoms with van der Waals surface area (Å²) in [7, 11) is 3.34. The summed E-state index contributed by atoms with van der Waals surface area (Å²) in [6, 6.07) is 4.37. The van der Waals surface area contributed by atoms with Gasteiger partial charge in [-0.15, -0.1) is 0 Å². The van der Waals surface area contributed by atoms with E-state index < -0.39 is 5.97 Å². The van der Waals surface area contributed by atoms with Gasteiger partial charge in [-0.2, -0.15) is 5.10 Å². The lowest BCUT2D eigenvalue weighted by molar-refractivity contribution is -0.143. The van der Waals surface area contributed by atoms with Gasteiger partial charge in [-0.05, 0) is 69.6 Å². The Morgan fingerprint density at radius 2 is 1.94 bits per heavy atom. The molecule has 1 aromatic carbocycles. The summed E-state index contributed by atoms with van der Waals surface area (Å²) >= 11 is 0. The topological polar surface area (TPSA) is 102 Å². The molecule has 9 nitrogen and oxygen atoms in total. The highest BCUT2D eigenvalue weighted by molar-refractivity contribution is 5.95. The second-order valence-electron chi connectivity index (χ2n) is 10.5. The Hall–Kier alpha value is -3.36. The number of benzene rings is 1. The molecule has 2 atom stereocenters. The number of anilines is 1. The number of imidazole rings is 1. The lowest BCUT2D eigenvalue weighted by atomic mass is 9.85. The zero-order valence-electron chi connectivity index (χ0n) is 21.5. The van der Waals surface area contributed by atoms with Gasteiger partial charge in [-0.1, -0.05) is 6.92 Å². The number of carboxylic acid groups (broad SMARTS) is 1. The van der Waals surface area contributed by atoms with Gasteiger partial charge in [0.05, 0.1) is 35.9 Å². The number of hydrogen-bond acceptors (Lipinski definition) is 5. The quantitative estimate of drug-likeness (QED) is 0.546. The molecular formula is C27H35N5O4. The van der Waals surface area contributed by atoms with Gasteiger partial charge >= 0.3 is 12.1 Å². The second-order valence-corrected chi connectivity index (χ2v) is 10.5. The molecule has 0 bridgehead atoms. The van der Waals surface area contributed by atoms with Crippen LogP contribution in [0.15, 0.2) is 24.5 Å². The Bertz CT molecular complexity index is 1290. The van der Waals surface area contributed by atoms with E-state index in [1.165, 1.54) is 7.11 Å².